The first kappa shape index (κ1) is 18.4. The Morgan fingerprint density at radius 3 is 2.00 bits per heavy atom. The van der Waals surface area contributed by atoms with Gasteiger partial charge in [0, 0.05) is 17.7 Å². The van der Waals surface area contributed by atoms with E-state index in [1.807, 2.05) is 6.07 Å². The van der Waals surface area contributed by atoms with Crippen molar-refractivity contribution in [3.8, 4) is 23.0 Å². The normalized spacial score (nSPS) is 16.0. The number of β-lactam (4-membered cyclic amide) rings is 1. The zero-order valence-electron chi connectivity index (χ0n) is 15.7. The Kier molecular flexibility index (Phi) is 4.85. The number of rotatable bonds is 6. The average molecular weight is 370 g/mol. The minimum absolute atomic E-state index is 0.177. The molecule has 142 valence electrons. The first-order valence-corrected chi connectivity index (χ1v) is 8.22. The van der Waals surface area contributed by atoms with E-state index in [1.54, 1.807) is 36.3 Å². The summed E-state index contributed by atoms with van der Waals surface area (Å²) in [6, 6.07) is 8.54. The van der Waals surface area contributed by atoms with Crippen LogP contribution in [0.2, 0.25) is 0 Å². The van der Waals surface area contributed by atoms with E-state index in [4.69, 9.17) is 24.7 Å². The molecule has 1 saturated heterocycles. The van der Waals surface area contributed by atoms with Crippen molar-refractivity contribution in [2.45, 2.75) is 6.04 Å². The molecular formula is C20H22N2O5. The van der Waals surface area contributed by atoms with Crippen molar-refractivity contribution in [1.82, 2.24) is 0 Å². The number of hydrogen-bond acceptors (Lipinski definition) is 6. The molecule has 0 saturated carbocycles. The zero-order valence-corrected chi connectivity index (χ0v) is 15.7. The number of carbonyl (C=O) groups excluding carboxylic acids is 1. The van der Waals surface area contributed by atoms with Gasteiger partial charge in [-0.2, -0.15) is 0 Å². The summed E-state index contributed by atoms with van der Waals surface area (Å²) < 4.78 is 21.3. The minimum Gasteiger partial charge on any atom is -0.495 e. The van der Waals surface area contributed by atoms with Crippen molar-refractivity contribution >= 4 is 17.3 Å². The second kappa shape index (κ2) is 7.11. The van der Waals surface area contributed by atoms with Gasteiger partial charge in [0.1, 0.15) is 5.75 Å². The fourth-order valence-electron chi connectivity index (χ4n) is 3.22. The molecule has 7 heteroatoms. The quantitative estimate of drug-likeness (QED) is 0.478. The first-order chi connectivity index (χ1) is 13.0. The van der Waals surface area contributed by atoms with Crippen molar-refractivity contribution in [1.29, 1.82) is 0 Å². The SMILES string of the molecule is C=C1C(=O)N(c2cc(OC)c(OC)c(OC)c2)[C@H]1c1ccc(OC)c(N)c1. The van der Waals surface area contributed by atoms with Crippen LogP contribution < -0.4 is 29.6 Å². The summed E-state index contributed by atoms with van der Waals surface area (Å²) in [7, 11) is 6.14. The number of carbonyl (C=O) groups is 1. The van der Waals surface area contributed by atoms with Gasteiger partial charge < -0.3 is 24.7 Å². The van der Waals surface area contributed by atoms with E-state index in [9.17, 15) is 4.79 Å². The molecule has 1 heterocycles. The topological polar surface area (TPSA) is 83.2 Å². The number of ether oxygens (including phenoxy) is 4. The Morgan fingerprint density at radius 1 is 0.926 bits per heavy atom. The predicted octanol–water partition coefficient (Wildman–Crippen LogP) is 2.95. The van der Waals surface area contributed by atoms with Gasteiger partial charge >= 0.3 is 0 Å². The molecule has 1 aliphatic heterocycles. The van der Waals surface area contributed by atoms with Crippen LogP contribution in [0, 0.1) is 0 Å². The van der Waals surface area contributed by atoms with E-state index < -0.39 is 0 Å². The van der Waals surface area contributed by atoms with E-state index in [0.29, 0.717) is 39.9 Å². The molecule has 0 radical (unpaired) electrons. The number of amides is 1. The Balaban J connectivity index is 2.06. The maximum absolute atomic E-state index is 12.6. The Morgan fingerprint density at radius 2 is 1.52 bits per heavy atom. The van der Waals surface area contributed by atoms with Crippen LogP contribution in [-0.2, 0) is 4.79 Å². The number of methoxy groups -OCH3 is 4. The smallest absolute Gasteiger partial charge is 0.256 e. The molecule has 2 aromatic rings. The summed E-state index contributed by atoms with van der Waals surface area (Å²) in [6.07, 6.45) is 0. The standard InChI is InChI=1S/C20H22N2O5/c1-11-18(12-6-7-15(24-2)14(21)8-12)22(20(11)23)13-9-16(25-3)19(27-5)17(10-13)26-4/h6-10,18H,1,21H2,2-5H3/t18-/m1/s1. The van der Waals surface area contributed by atoms with Gasteiger partial charge in [0.15, 0.2) is 11.5 Å². The molecule has 2 N–H and O–H groups in total. The van der Waals surface area contributed by atoms with Crippen molar-refractivity contribution in [2.75, 3.05) is 39.1 Å². The van der Waals surface area contributed by atoms with Crippen molar-refractivity contribution in [2.24, 2.45) is 0 Å². The highest BCUT2D eigenvalue weighted by Crippen LogP contribution is 2.48. The molecule has 0 spiro atoms. The predicted molar refractivity (Wildman–Crippen MR) is 103 cm³/mol. The molecule has 27 heavy (non-hydrogen) atoms. The first-order valence-electron chi connectivity index (χ1n) is 8.22. The Labute approximate surface area is 157 Å². The summed E-state index contributed by atoms with van der Waals surface area (Å²) in [5.74, 6) is 1.79. The van der Waals surface area contributed by atoms with Crippen LogP contribution in [0.5, 0.6) is 23.0 Å². The van der Waals surface area contributed by atoms with Gasteiger partial charge in [0.2, 0.25) is 5.75 Å². The van der Waals surface area contributed by atoms with Crippen molar-refractivity contribution in [3.63, 3.8) is 0 Å². The summed E-state index contributed by atoms with van der Waals surface area (Å²) in [5, 5.41) is 0. The molecule has 1 amide bonds. The number of anilines is 2. The summed E-state index contributed by atoms with van der Waals surface area (Å²) in [6.45, 7) is 3.92. The molecular weight excluding hydrogens is 348 g/mol. The lowest BCUT2D eigenvalue weighted by Crippen LogP contribution is -2.48. The lowest BCUT2D eigenvalue weighted by Gasteiger charge is -2.42. The lowest BCUT2D eigenvalue weighted by atomic mass is 9.88. The highest BCUT2D eigenvalue weighted by molar-refractivity contribution is 6.15. The zero-order chi connectivity index (χ0) is 19.7. The van der Waals surface area contributed by atoms with Crippen LogP contribution in [0.4, 0.5) is 11.4 Å². The van der Waals surface area contributed by atoms with Crippen molar-refractivity contribution in [3.05, 3.63) is 48.0 Å². The highest BCUT2D eigenvalue weighted by atomic mass is 16.5. The van der Waals surface area contributed by atoms with E-state index in [0.717, 1.165) is 5.56 Å². The maximum Gasteiger partial charge on any atom is 0.256 e. The van der Waals surface area contributed by atoms with Crippen LogP contribution in [0.15, 0.2) is 42.5 Å². The summed E-state index contributed by atoms with van der Waals surface area (Å²) in [5.41, 5.74) is 8.45. The highest BCUT2D eigenvalue weighted by Gasteiger charge is 2.43. The van der Waals surface area contributed by atoms with Gasteiger partial charge in [-0.3, -0.25) is 9.69 Å². The number of nitrogens with two attached hydrogens (primary N) is 1. The van der Waals surface area contributed by atoms with Crippen LogP contribution in [0.3, 0.4) is 0 Å². The molecule has 0 aromatic heterocycles. The molecule has 0 unspecified atom stereocenters. The van der Waals surface area contributed by atoms with Gasteiger partial charge in [-0.25, -0.2) is 0 Å². The third-order valence-corrected chi connectivity index (χ3v) is 4.58. The van der Waals surface area contributed by atoms with Gasteiger partial charge in [-0.05, 0) is 17.7 Å². The van der Waals surface area contributed by atoms with Gasteiger partial charge in [0.05, 0.1) is 45.9 Å². The fourth-order valence-corrected chi connectivity index (χ4v) is 3.22. The third kappa shape index (κ3) is 2.91. The lowest BCUT2D eigenvalue weighted by molar-refractivity contribution is -0.118. The van der Waals surface area contributed by atoms with Gasteiger partial charge in [-0.15, -0.1) is 0 Å². The maximum atomic E-state index is 12.6. The number of benzene rings is 2. The average Bonchev–Trinajstić information content (AvgIpc) is 2.69. The molecule has 2 aromatic carbocycles. The third-order valence-electron chi connectivity index (χ3n) is 4.58. The number of nitrogen functional groups attached to an aromatic ring is 1. The molecule has 3 rings (SSSR count). The monoisotopic (exact) mass is 370 g/mol. The van der Waals surface area contributed by atoms with Crippen molar-refractivity contribution < 1.29 is 23.7 Å². The second-order valence-corrected chi connectivity index (χ2v) is 5.99. The molecule has 0 aliphatic carbocycles. The molecule has 1 atom stereocenters. The van der Waals surface area contributed by atoms with E-state index in [2.05, 4.69) is 6.58 Å². The fraction of sp³-hybridized carbons (Fsp3) is 0.250. The molecule has 0 bridgehead atoms. The largest absolute Gasteiger partial charge is 0.495 e. The summed E-state index contributed by atoms with van der Waals surface area (Å²) in [4.78, 5) is 14.2. The van der Waals surface area contributed by atoms with Crippen LogP contribution >= 0.6 is 0 Å². The van der Waals surface area contributed by atoms with Gasteiger partial charge in [0.25, 0.3) is 5.91 Å². The molecule has 1 fully saturated rings. The second-order valence-electron chi connectivity index (χ2n) is 5.99. The van der Waals surface area contributed by atoms with E-state index >= 15 is 0 Å². The number of hydrogen-bond donors (Lipinski definition) is 1. The Bertz CT molecular complexity index is 884. The van der Waals surface area contributed by atoms with Crippen LogP contribution in [-0.4, -0.2) is 34.3 Å². The molecule has 7 nitrogen and oxygen atoms in total. The van der Waals surface area contributed by atoms with Gasteiger partial charge in [-0.1, -0.05) is 12.6 Å². The van der Waals surface area contributed by atoms with Crippen LogP contribution in [0.1, 0.15) is 11.6 Å². The van der Waals surface area contributed by atoms with E-state index in [-0.39, 0.29) is 11.9 Å². The summed E-state index contributed by atoms with van der Waals surface area (Å²) >= 11 is 0. The van der Waals surface area contributed by atoms with E-state index in [1.165, 1.54) is 21.3 Å². The van der Waals surface area contributed by atoms with Crippen LogP contribution in [0.25, 0.3) is 0 Å². The number of nitrogens with zero attached hydrogens (tertiary/aromatic N) is 1. The Hall–Kier alpha value is -3.35. The molecule has 1 aliphatic rings. The minimum atomic E-state index is -0.339.